The third-order valence-electron chi connectivity index (χ3n) is 3.27. The number of nitrogens with one attached hydrogen (secondary N) is 2. The van der Waals surface area contributed by atoms with Gasteiger partial charge in [-0.3, -0.25) is 0 Å². The van der Waals surface area contributed by atoms with Crippen LogP contribution in [0.1, 0.15) is 5.56 Å². The maximum Gasteiger partial charge on any atom is 0.139 e. The molecule has 0 bridgehead atoms. The van der Waals surface area contributed by atoms with Crippen molar-refractivity contribution in [3.63, 3.8) is 0 Å². The van der Waals surface area contributed by atoms with Crippen LogP contribution >= 0.6 is 11.6 Å². The van der Waals surface area contributed by atoms with Crippen LogP contribution in [0.15, 0.2) is 48.7 Å². The number of fused-ring (bicyclic) bond motifs is 1. The first-order valence-corrected chi connectivity index (χ1v) is 6.77. The molecule has 1 heterocycles. The van der Waals surface area contributed by atoms with E-state index in [0.717, 1.165) is 17.7 Å². The molecule has 3 rings (SSSR count). The zero-order chi connectivity index (χ0) is 13.9. The lowest BCUT2D eigenvalue weighted by atomic mass is 10.1. The van der Waals surface area contributed by atoms with Crippen LogP contribution in [0, 0.1) is 0 Å². The molecule has 0 radical (unpaired) electrons. The first-order valence-electron chi connectivity index (χ1n) is 6.40. The Bertz CT molecular complexity index is 736. The molecule has 0 amide bonds. The van der Waals surface area contributed by atoms with Gasteiger partial charge in [0.15, 0.2) is 0 Å². The Morgan fingerprint density at radius 3 is 2.90 bits per heavy atom. The Morgan fingerprint density at radius 1 is 1.15 bits per heavy atom. The van der Waals surface area contributed by atoms with Crippen molar-refractivity contribution in [2.24, 2.45) is 0 Å². The second-order valence-electron chi connectivity index (χ2n) is 4.60. The fraction of sp³-hybridized carbons (Fsp3) is 0.125. The number of anilines is 1. The summed E-state index contributed by atoms with van der Waals surface area (Å²) in [5.41, 5.74) is 3.37. The fourth-order valence-electron chi connectivity index (χ4n) is 2.19. The van der Waals surface area contributed by atoms with Crippen LogP contribution in [0.3, 0.4) is 0 Å². The van der Waals surface area contributed by atoms with Crippen molar-refractivity contribution in [2.75, 3.05) is 12.4 Å². The average molecular weight is 287 g/mol. The van der Waals surface area contributed by atoms with Crippen molar-refractivity contribution in [2.45, 2.75) is 6.54 Å². The average Bonchev–Trinajstić information content (AvgIpc) is 2.94. The van der Waals surface area contributed by atoms with Crippen LogP contribution in [-0.4, -0.2) is 12.1 Å². The molecule has 0 aliphatic heterocycles. The molecule has 2 N–H and O–H groups in total. The van der Waals surface area contributed by atoms with Gasteiger partial charge in [0.2, 0.25) is 0 Å². The SMILES string of the molecule is COc1cc(NCc2ccc3[nH]ccc3c2)ccc1Cl. The number of halogens is 1. The van der Waals surface area contributed by atoms with E-state index in [1.54, 1.807) is 7.11 Å². The predicted molar refractivity (Wildman–Crippen MR) is 83.6 cm³/mol. The summed E-state index contributed by atoms with van der Waals surface area (Å²) in [6.07, 6.45) is 1.95. The minimum absolute atomic E-state index is 0.617. The summed E-state index contributed by atoms with van der Waals surface area (Å²) in [6.45, 7) is 0.756. The lowest BCUT2D eigenvalue weighted by molar-refractivity contribution is 0.415. The van der Waals surface area contributed by atoms with E-state index in [-0.39, 0.29) is 0 Å². The van der Waals surface area contributed by atoms with Crippen LogP contribution in [0.4, 0.5) is 5.69 Å². The van der Waals surface area contributed by atoms with E-state index in [4.69, 9.17) is 16.3 Å². The van der Waals surface area contributed by atoms with Crippen molar-refractivity contribution < 1.29 is 4.74 Å². The van der Waals surface area contributed by atoms with Crippen molar-refractivity contribution in [1.29, 1.82) is 0 Å². The molecular weight excluding hydrogens is 272 g/mol. The molecule has 2 aromatic carbocycles. The van der Waals surface area contributed by atoms with Gasteiger partial charge in [0, 0.05) is 30.0 Å². The summed E-state index contributed by atoms with van der Waals surface area (Å²) in [6, 6.07) is 14.1. The molecule has 0 spiro atoms. The number of hydrogen-bond acceptors (Lipinski definition) is 2. The Kier molecular flexibility index (Phi) is 3.52. The molecule has 1 aromatic heterocycles. The highest BCUT2D eigenvalue weighted by atomic mass is 35.5. The van der Waals surface area contributed by atoms with E-state index in [2.05, 4.69) is 34.6 Å². The Labute approximate surface area is 122 Å². The zero-order valence-corrected chi connectivity index (χ0v) is 11.9. The number of methoxy groups -OCH3 is 1. The van der Waals surface area contributed by atoms with Gasteiger partial charge in [0.25, 0.3) is 0 Å². The van der Waals surface area contributed by atoms with Gasteiger partial charge in [-0.05, 0) is 41.3 Å². The van der Waals surface area contributed by atoms with Gasteiger partial charge in [0.1, 0.15) is 5.75 Å². The number of benzene rings is 2. The molecule has 20 heavy (non-hydrogen) atoms. The molecule has 0 atom stereocenters. The quantitative estimate of drug-likeness (QED) is 0.744. The maximum atomic E-state index is 6.01. The summed E-state index contributed by atoms with van der Waals surface area (Å²) in [7, 11) is 1.62. The topological polar surface area (TPSA) is 37.0 Å². The van der Waals surface area contributed by atoms with Gasteiger partial charge in [-0.2, -0.15) is 0 Å². The highest BCUT2D eigenvalue weighted by molar-refractivity contribution is 6.32. The normalized spacial score (nSPS) is 10.7. The van der Waals surface area contributed by atoms with Crippen molar-refractivity contribution in [3.8, 4) is 5.75 Å². The van der Waals surface area contributed by atoms with Crippen LogP contribution in [0.25, 0.3) is 10.9 Å². The summed E-state index contributed by atoms with van der Waals surface area (Å²) in [5.74, 6) is 0.678. The van der Waals surface area contributed by atoms with Crippen LogP contribution in [0.2, 0.25) is 5.02 Å². The number of aromatic nitrogens is 1. The second kappa shape index (κ2) is 5.47. The van der Waals surface area contributed by atoms with Crippen LogP contribution in [-0.2, 0) is 6.54 Å². The zero-order valence-electron chi connectivity index (χ0n) is 11.1. The number of hydrogen-bond donors (Lipinski definition) is 2. The Hall–Kier alpha value is -2.13. The van der Waals surface area contributed by atoms with E-state index < -0.39 is 0 Å². The Balaban J connectivity index is 1.75. The van der Waals surface area contributed by atoms with E-state index >= 15 is 0 Å². The standard InChI is InChI=1S/C16H15ClN2O/c1-20-16-9-13(3-4-14(16)17)19-10-11-2-5-15-12(8-11)6-7-18-15/h2-9,18-19H,10H2,1H3. The number of rotatable bonds is 4. The Morgan fingerprint density at radius 2 is 2.05 bits per heavy atom. The lowest BCUT2D eigenvalue weighted by Crippen LogP contribution is -1.99. The van der Waals surface area contributed by atoms with Crippen molar-refractivity contribution in [3.05, 3.63) is 59.2 Å². The van der Waals surface area contributed by atoms with E-state index in [9.17, 15) is 0 Å². The third kappa shape index (κ3) is 2.58. The summed E-state index contributed by atoms with van der Waals surface area (Å²) >= 11 is 6.01. The van der Waals surface area contributed by atoms with Gasteiger partial charge in [-0.15, -0.1) is 0 Å². The van der Waals surface area contributed by atoms with Gasteiger partial charge < -0.3 is 15.0 Å². The van der Waals surface area contributed by atoms with Gasteiger partial charge in [0.05, 0.1) is 12.1 Å². The highest BCUT2D eigenvalue weighted by Crippen LogP contribution is 2.27. The summed E-state index contributed by atoms with van der Waals surface area (Å²) < 4.78 is 5.21. The molecule has 0 aliphatic rings. The minimum atomic E-state index is 0.617. The number of aromatic amines is 1. The maximum absolute atomic E-state index is 6.01. The van der Waals surface area contributed by atoms with Crippen molar-refractivity contribution >= 4 is 28.2 Å². The molecule has 3 aromatic rings. The largest absolute Gasteiger partial charge is 0.495 e. The number of H-pyrrole nitrogens is 1. The van der Waals surface area contributed by atoms with Crippen LogP contribution in [0.5, 0.6) is 5.75 Å². The first-order chi connectivity index (χ1) is 9.76. The molecule has 102 valence electrons. The lowest BCUT2D eigenvalue weighted by Gasteiger charge is -2.09. The molecule has 0 fully saturated rings. The second-order valence-corrected chi connectivity index (χ2v) is 5.01. The third-order valence-corrected chi connectivity index (χ3v) is 3.58. The van der Waals surface area contributed by atoms with Crippen LogP contribution < -0.4 is 10.1 Å². The summed E-state index contributed by atoms with van der Waals surface area (Å²) in [4.78, 5) is 3.19. The predicted octanol–water partition coefficient (Wildman–Crippen LogP) is 4.44. The smallest absolute Gasteiger partial charge is 0.139 e. The van der Waals surface area contributed by atoms with Gasteiger partial charge >= 0.3 is 0 Å². The van der Waals surface area contributed by atoms with Crippen molar-refractivity contribution in [1.82, 2.24) is 4.98 Å². The molecule has 0 saturated carbocycles. The molecule has 0 saturated heterocycles. The first kappa shape index (κ1) is 12.9. The number of ether oxygens (including phenoxy) is 1. The van der Waals surface area contributed by atoms with Gasteiger partial charge in [-0.25, -0.2) is 0 Å². The van der Waals surface area contributed by atoms with E-state index in [1.165, 1.54) is 10.9 Å². The highest BCUT2D eigenvalue weighted by Gasteiger charge is 2.02. The van der Waals surface area contributed by atoms with Gasteiger partial charge in [-0.1, -0.05) is 17.7 Å². The molecule has 0 unspecified atom stereocenters. The minimum Gasteiger partial charge on any atom is -0.495 e. The molecule has 0 aliphatic carbocycles. The monoisotopic (exact) mass is 286 g/mol. The van der Waals surface area contributed by atoms with E-state index in [1.807, 2.05) is 24.4 Å². The fourth-order valence-corrected chi connectivity index (χ4v) is 2.38. The molecule has 4 heteroatoms. The summed E-state index contributed by atoms with van der Waals surface area (Å²) in [5, 5.41) is 5.21. The molecule has 3 nitrogen and oxygen atoms in total. The molecular formula is C16H15ClN2O. The van der Waals surface area contributed by atoms with E-state index in [0.29, 0.717) is 10.8 Å².